The van der Waals surface area contributed by atoms with Crippen LogP contribution < -0.4 is 26.7 Å². The van der Waals surface area contributed by atoms with E-state index in [1.165, 1.54) is 0 Å². The largest absolute Gasteiger partial charge is 0.384 e. The monoisotopic (exact) mass is 406 g/mol. The van der Waals surface area contributed by atoms with Crippen LogP contribution in [0.4, 0.5) is 5.69 Å². The van der Waals surface area contributed by atoms with Gasteiger partial charge in [0.05, 0.1) is 22.1 Å². The van der Waals surface area contributed by atoms with Gasteiger partial charge in [0, 0.05) is 29.5 Å². The first-order chi connectivity index (χ1) is 14.8. The number of pyridine rings is 1. The van der Waals surface area contributed by atoms with Crippen molar-refractivity contribution in [2.24, 2.45) is 0 Å². The molecule has 0 unspecified atom stereocenters. The molecule has 0 saturated heterocycles. The Morgan fingerprint density at radius 2 is 1.67 bits per heavy atom. The lowest BCUT2D eigenvalue weighted by Gasteiger charge is -2.11. The van der Waals surface area contributed by atoms with Crippen LogP contribution in [0.2, 0.25) is 0 Å². The predicted octanol–water partition coefficient (Wildman–Crippen LogP) is 2.16. The van der Waals surface area contributed by atoms with Crippen LogP contribution in [-0.4, -0.2) is 49.9 Å². The van der Waals surface area contributed by atoms with Gasteiger partial charge < -0.3 is 21.3 Å². The van der Waals surface area contributed by atoms with Crippen LogP contribution in [0.3, 0.4) is 0 Å². The Hall–Kier alpha value is -2.74. The van der Waals surface area contributed by atoms with Gasteiger partial charge >= 0.3 is 0 Å². The van der Waals surface area contributed by atoms with Crippen LogP contribution in [0.1, 0.15) is 18.5 Å². The van der Waals surface area contributed by atoms with Crippen LogP contribution in [0.25, 0.3) is 27.2 Å². The first-order valence-electron chi connectivity index (χ1n) is 10.7. The fourth-order valence-electron chi connectivity index (χ4n) is 4.02. The smallest absolute Gasteiger partial charge is 0.199 e. The molecule has 0 aliphatic rings. The molecule has 0 saturated carbocycles. The highest BCUT2D eigenvalue weighted by Crippen LogP contribution is 2.30. The normalized spacial score (nSPS) is 11.8. The lowest BCUT2D eigenvalue weighted by Crippen LogP contribution is -2.19. The summed E-state index contributed by atoms with van der Waals surface area (Å²) >= 11 is 0. The molecule has 0 bridgehead atoms. The molecule has 0 spiro atoms. The van der Waals surface area contributed by atoms with E-state index in [2.05, 4.69) is 27.3 Å². The molecule has 0 fully saturated rings. The number of para-hydroxylation sites is 1. The van der Waals surface area contributed by atoms with Gasteiger partial charge in [0.2, 0.25) is 0 Å². The lowest BCUT2D eigenvalue weighted by atomic mass is 10.1. The molecule has 4 aromatic rings. The molecule has 7 heteroatoms. The molecule has 0 amide bonds. The Morgan fingerprint density at radius 1 is 0.900 bits per heavy atom. The van der Waals surface area contributed by atoms with Crippen molar-refractivity contribution in [1.29, 1.82) is 0 Å². The molecule has 2 aromatic carbocycles. The van der Waals surface area contributed by atoms with Gasteiger partial charge in [-0.2, -0.15) is 5.10 Å². The van der Waals surface area contributed by atoms with E-state index < -0.39 is 0 Å². The number of nitrogens with zero attached hydrogens (tertiary/aromatic N) is 2. The molecular weight excluding hydrogens is 376 g/mol. The van der Waals surface area contributed by atoms with E-state index in [1.54, 1.807) is 0 Å². The summed E-state index contributed by atoms with van der Waals surface area (Å²) in [7, 11) is 3.91. The number of rotatable bonds is 11. The van der Waals surface area contributed by atoms with Gasteiger partial charge in [-0.05, 0) is 70.8 Å². The van der Waals surface area contributed by atoms with Gasteiger partial charge in [-0.25, -0.2) is 4.52 Å². The highest BCUT2D eigenvalue weighted by atomic mass is 16.1. The van der Waals surface area contributed by atoms with Gasteiger partial charge in [-0.1, -0.05) is 12.1 Å². The summed E-state index contributed by atoms with van der Waals surface area (Å²) in [5.74, 6) is 0. The third-order valence-corrected chi connectivity index (χ3v) is 5.52. The van der Waals surface area contributed by atoms with E-state index in [0.29, 0.717) is 11.9 Å². The van der Waals surface area contributed by atoms with E-state index in [1.807, 2.05) is 48.9 Å². The molecule has 2 aromatic heterocycles. The molecule has 4 rings (SSSR count). The fraction of sp³-hybridized carbons (Fsp3) is 0.391. The molecule has 30 heavy (non-hydrogen) atoms. The molecule has 0 radical (unpaired) electrons. The Balaban J connectivity index is 1.79. The van der Waals surface area contributed by atoms with Crippen molar-refractivity contribution in [3.05, 3.63) is 52.3 Å². The summed E-state index contributed by atoms with van der Waals surface area (Å²) in [6.45, 7) is 4.32. The van der Waals surface area contributed by atoms with E-state index in [4.69, 9.17) is 5.10 Å². The molecule has 2 heterocycles. The summed E-state index contributed by atoms with van der Waals surface area (Å²) in [5, 5.41) is 20.6. The van der Waals surface area contributed by atoms with Crippen molar-refractivity contribution >= 4 is 32.9 Å². The van der Waals surface area contributed by atoms with E-state index in [9.17, 15) is 4.79 Å². The molecule has 7 nitrogen and oxygen atoms in total. The minimum absolute atomic E-state index is 0.0632. The number of hydrogen-bond acceptors (Lipinski definition) is 6. The van der Waals surface area contributed by atoms with Crippen LogP contribution in [0.15, 0.2) is 41.2 Å². The molecular formula is C23H30N6O. The van der Waals surface area contributed by atoms with Gasteiger partial charge in [0.15, 0.2) is 5.43 Å². The van der Waals surface area contributed by atoms with Gasteiger partial charge in [0.25, 0.3) is 0 Å². The molecule has 4 N–H and O–H groups in total. The number of nitrogens with one attached hydrogen (secondary N) is 4. The molecule has 0 aliphatic heterocycles. The molecule has 158 valence electrons. The zero-order valence-corrected chi connectivity index (χ0v) is 17.7. The highest BCUT2D eigenvalue weighted by molar-refractivity contribution is 6.08. The van der Waals surface area contributed by atoms with E-state index in [-0.39, 0.29) is 5.43 Å². The van der Waals surface area contributed by atoms with Gasteiger partial charge in [-0.3, -0.25) is 4.79 Å². The summed E-state index contributed by atoms with van der Waals surface area (Å²) in [4.78, 5) is 13.4. The number of fused-ring (bicyclic) bond motifs is 2. The van der Waals surface area contributed by atoms with Crippen molar-refractivity contribution in [2.45, 2.75) is 19.4 Å². The summed E-state index contributed by atoms with van der Waals surface area (Å²) in [6.07, 6.45) is 2.04. The van der Waals surface area contributed by atoms with Crippen molar-refractivity contribution in [1.82, 2.24) is 25.6 Å². The zero-order valence-electron chi connectivity index (χ0n) is 17.7. The van der Waals surface area contributed by atoms with Crippen LogP contribution in [0, 0.1) is 0 Å². The number of benzene rings is 2. The standard InChI is InChI=1S/C23H30N6O/c1-24-11-5-13-26-15-19-16-9-10-18(27-14-6-12-25-2)21-22(16)29(28-19)20-8-4-3-7-17(20)23(21)30/h3-4,7-10,24-27H,5-6,11-15H2,1-2H3. The van der Waals surface area contributed by atoms with Gasteiger partial charge in [-0.15, -0.1) is 0 Å². The zero-order chi connectivity index (χ0) is 20.9. The van der Waals surface area contributed by atoms with Crippen LogP contribution in [-0.2, 0) is 6.54 Å². The average molecular weight is 407 g/mol. The van der Waals surface area contributed by atoms with Crippen molar-refractivity contribution in [3.8, 4) is 0 Å². The van der Waals surface area contributed by atoms with Crippen LogP contribution in [0.5, 0.6) is 0 Å². The van der Waals surface area contributed by atoms with E-state index >= 15 is 0 Å². The van der Waals surface area contributed by atoms with Crippen molar-refractivity contribution in [2.75, 3.05) is 45.6 Å². The van der Waals surface area contributed by atoms with Crippen molar-refractivity contribution in [3.63, 3.8) is 0 Å². The first-order valence-corrected chi connectivity index (χ1v) is 10.7. The summed E-state index contributed by atoms with van der Waals surface area (Å²) < 4.78 is 1.95. The Bertz CT molecular complexity index is 1190. The molecule has 0 aliphatic carbocycles. The summed E-state index contributed by atoms with van der Waals surface area (Å²) in [6, 6.07) is 11.9. The Morgan fingerprint density at radius 3 is 2.47 bits per heavy atom. The molecule has 0 atom stereocenters. The number of anilines is 1. The second-order valence-corrected chi connectivity index (χ2v) is 7.61. The SMILES string of the molecule is CNCCCNCc1nn2c3ccccc3c(=O)c3c(NCCCNC)ccc1c32. The fourth-order valence-corrected chi connectivity index (χ4v) is 4.02. The van der Waals surface area contributed by atoms with Gasteiger partial charge in [0.1, 0.15) is 0 Å². The number of aromatic nitrogens is 2. The maximum absolute atomic E-state index is 13.4. The third-order valence-electron chi connectivity index (χ3n) is 5.52. The van der Waals surface area contributed by atoms with E-state index in [0.717, 1.165) is 72.2 Å². The quantitative estimate of drug-likeness (QED) is 0.226. The summed E-state index contributed by atoms with van der Waals surface area (Å²) in [5.41, 5.74) is 3.68. The first kappa shape index (κ1) is 20.5. The third kappa shape index (κ3) is 3.84. The second kappa shape index (κ2) is 9.38. The lowest BCUT2D eigenvalue weighted by molar-refractivity contribution is 0.618. The minimum Gasteiger partial charge on any atom is -0.384 e. The topological polar surface area (TPSA) is 82.5 Å². The maximum Gasteiger partial charge on any atom is 0.199 e. The maximum atomic E-state index is 13.4. The number of hydrogen-bond donors (Lipinski definition) is 4. The second-order valence-electron chi connectivity index (χ2n) is 7.61. The minimum atomic E-state index is 0.0632. The average Bonchev–Trinajstić information content (AvgIpc) is 3.14. The highest BCUT2D eigenvalue weighted by Gasteiger charge is 2.19. The Labute approximate surface area is 176 Å². The van der Waals surface area contributed by atoms with Crippen LogP contribution >= 0.6 is 0 Å². The predicted molar refractivity (Wildman–Crippen MR) is 125 cm³/mol. The van der Waals surface area contributed by atoms with Crippen molar-refractivity contribution < 1.29 is 0 Å². The Kier molecular flexibility index (Phi) is 6.42.